The molecule has 0 unspecified atom stereocenters. The van der Waals surface area contributed by atoms with Gasteiger partial charge in [-0.15, -0.1) is 0 Å². The van der Waals surface area contributed by atoms with Crippen molar-refractivity contribution in [1.29, 1.82) is 0 Å². The van der Waals surface area contributed by atoms with Crippen LogP contribution in [-0.2, 0) is 11.2 Å². The van der Waals surface area contributed by atoms with Crippen LogP contribution in [0.4, 0.5) is 0 Å². The Hall–Kier alpha value is -1.19. The van der Waals surface area contributed by atoms with Gasteiger partial charge in [0.2, 0.25) is 0 Å². The lowest BCUT2D eigenvalue weighted by Crippen LogP contribution is -2.37. The van der Waals surface area contributed by atoms with Crippen LogP contribution in [0.25, 0.3) is 0 Å². The van der Waals surface area contributed by atoms with E-state index in [2.05, 4.69) is 0 Å². The van der Waals surface area contributed by atoms with Gasteiger partial charge in [0.15, 0.2) is 0 Å². The fraction of sp³-hybridized carbons (Fsp3) is 0.562. The molecule has 1 fully saturated rings. The van der Waals surface area contributed by atoms with E-state index in [1.54, 1.807) is 0 Å². The summed E-state index contributed by atoms with van der Waals surface area (Å²) in [4.78, 5) is 12.0. The smallest absolute Gasteiger partial charge is 0.141 e. The van der Waals surface area contributed by atoms with E-state index < -0.39 is 18.1 Å². The Balaban J connectivity index is 1.94. The van der Waals surface area contributed by atoms with Crippen molar-refractivity contribution in [2.75, 3.05) is 0 Å². The molecule has 0 bridgehead atoms. The van der Waals surface area contributed by atoms with Crippen LogP contribution in [0, 0.1) is 5.92 Å². The van der Waals surface area contributed by atoms with Crippen molar-refractivity contribution >= 4 is 5.78 Å². The molecule has 2 N–H and O–H groups in total. The van der Waals surface area contributed by atoms with Crippen LogP contribution in [0.1, 0.15) is 37.7 Å². The van der Waals surface area contributed by atoms with Gasteiger partial charge in [0.25, 0.3) is 0 Å². The standard InChI is InChI=1S/C16H22O3/c17-13-8-4-5-9-14(18)16(13)15(19)11-10-12-6-2-1-3-7-12/h1-3,6-7,13,15-17,19H,4-5,8-11H2/t13-,15-,16+/m1/s1. The van der Waals surface area contributed by atoms with E-state index in [0.717, 1.165) is 24.8 Å². The number of carbonyl (C=O) groups is 1. The number of aliphatic hydroxyl groups is 2. The first-order chi connectivity index (χ1) is 9.18. The summed E-state index contributed by atoms with van der Waals surface area (Å²) in [5.41, 5.74) is 1.15. The van der Waals surface area contributed by atoms with Gasteiger partial charge in [0, 0.05) is 6.42 Å². The summed E-state index contributed by atoms with van der Waals surface area (Å²) in [5, 5.41) is 20.2. The molecule has 0 amide bonds. The summed E-state index contributed by atoms with van der Waals surface area (Å²) in [6.07, 6.45) is 2.66. The average Bonchev–Trinajstić information content (AvgIpc) is 2.58. The van der Waals surface area contributed by atoms with Crippen molar-refractivity contribution in [2.24, 2.45) is 5.92 Å². The lowest BCUT2D eigenvalue weighted by atomic mass is 9.87. The minimum atomic E-state index is -0.735. The van der Waals surface area contributed by atoms with E-state index in [1.807, 2.05) is 30.3 Å². The number of benzene rings is 1. The predicted molar refractivity (Wildman–Crippen MR) is 73.7 cm³/mol. The monoisotopic (exact) mass is 262 g/mol. The average molecular weight is 262 g/mol. The third-order valence-electron chi connectivity index (χ3n) is 3.95. The van der Waals surface area contributed by atoms with Gasteiger partial charge in [-0.1, -0.05) is 36.8 Å². The Labute approximate surface area is 114 Å². The summed E-state index contributed by atoms with van der Waals surface area (Å²) in [5.74, 6) is -0.572. The largest absolute Gasteiger partial charge is 0.392 e. The zero-order chi connectivity index (χ0) is 13.7. The zero-order valence-corrected chi connectivity index (χ0v) is 11.2. The van der Waals surface area contributed by atoms with Gasteiger partial charge in [0.1, 0.15) is 5.78 Å². The van der Waals surface area contributed by atoms with Gasteiger partial charge in [-0.25, -0.2) is 0 Å². The third-order valence-corrected chi connectivity index (χ3v) is 3.95. The summed E-state index contributed by atoms with van der Waals surface area (Å²) in [6, 6.07) is 9.91. The molecule has 3 atom stereocenters. The maximum atomic E-state index is 12.0. The Morgan fingerprint density at radius 3 is 2.68 bits per heavy atom. The SMILES string of the molecule is O=C1CCCC[C@@H](O)[C@@H]1[C@H](O)CCc1ccccc1. The molecule has 0 radical (unpaired) electrons. The lowest BCUT2D eigenvalue weighted by Gasteiger charge is -2.24. The van der Waals surface area contributed by atoms with Crippen LogP contribution >= 0.6 is 0 Å². The van der Waals surface area contributed by atoms with Crippen molar-refractivity contribution in [1.82, 2.24) is 0 Å². The fourth-order valence-corrected chi connectivity index (χ4v) is 2.82. The third kappa shape index (κ3) is 3.88. The first-order valence-corrected chi connectivity index (χ1v) is 7.11. The van der Waals surface area contributed by atoms with Gasteiger partial charge < -0.3 is 10.2 Å². The zero-order valence-electron chi connectivity index (χ0n) is 11.2. The number of rotatable bonds is 4. The number of carbonyl (C=O) groups excluding carboxylic acids is 1. The van der Waals surface area contributed by atoms with Crippen LogP contribution in [0.5, 0.6) is 0 Å². The second kappa shape index (κ2) is 6.83. The molecule has 1 saturated carbocycles. The number of hydrogen-bond acceptors (Lipinski definition) is 3. The molecule has 19 heavy (non-hydrogen) atoms. The minimum absolute atomic E-state index is 0.0190. The number of hydrogen-bond donors (Lipinski definition) is 2. The van der Waals surface area contributed by atoms with Gasteiger partial charge in [-0.3, -0.25) is 4.79 Å². The number of Topliss-reactive ketones (excluding diaryl/α,β-unsaturated/α-hetero) is 1. The molecule has 1 aromatic rings. The van der Waals surface area contributed by atoms with Crippen molar-refractivity contribution in [3.8, 4) is 0 Å². The van der Waals surface area contributed by atoms with Gasteiger partial charge in [-0.05, 0) is 31.2 Å². The van der Waals surface area contributed by atoms with Crippen molar-refractivity contribution in [3.63, 3.8) is 0 Å². The van der Waals surface area contributed by atoms with E-state index in [1.165, 1.54) is 0 Å². The second-order valence-corrected chi connectivity index (χ2v) is 5.40. The van der Waals surface area contributed by atoms with Crippen molar-refractivity contribution in [2.45, 2.75) is 50.7 Å². The molecule has 3 nitrogen and oxygen atoms in total. The Kier molecular flexibility index (Phi) is 5.11. The highest BCUT2D eigenvalue weighted by Gasteiger charge is 2.34. The van der Waals surface area contributed by atoms with E-state index in [-0.39, 0.29) is 5.78 Å². The highest BCUT2D eigenvalue weighted by atomic mass is 16.3. The van der Waals surface area contributed by atoms with Crippen LogP contribution in [-0.4, -0.2) is 28.2 Å². The molecule has 2 rings (SSSR count). The number of aryl methyl sites for hydroxylation is 1. The highest BCUT2D eigenvalue weighted by Crippen LogP contribution is 2.25. The Morgan fingerprint density at radius 2 is 1.95 bits per heavy atom. The number of aliphatic hydroxyl groups excluding tert-OH is 2. The molecule has 0 heterocycles. The van der Waals surface area contributed by atoms with Crippen LogP contribution < -0.4 is 0 Å². The molecule has 3 heteroatoms. The van der Waals surface area contributed by atoms with E-state index in [9.17, 15) is 15.0 Å². The van der Waals surface area contributed by atoms with Crippen molar-refractivity contribution < 1.29 is 15.0 Å². The van der Waals surface area contributed by atoms with Gasteiger partial charge in [0.05, 0.1) is 18.1 Å². The maximum absolute atomic E-state index is 12.0. The minimum Gasteiger partial charge on any atom is -0.392 e. The summed E-state index contributed by atoms with van der Waals surface area (Å²) < 4.78 is 0. The summed E-state index contributed by atoms with van der Waals surface area (Å²) in [7, 11) is 0. The molecular formula is C16H22O3. The van der Waals surface area contributed by atoms with Crippen LogP contribution in [0.3, 0.4) is 0 Å². The Bertz CT molecular complexity index is 402. The normalized spacial score (nSPS) is 25.9. The molecule has 0 spiro atoms. The van der Waals surface area contributed by atoms with Crippen molar-refractivity contribution in [3.05, 3.63) is 35.9 Å². The molecule has 104 valence electrons. The molecule has 0 aromatic heterocycles. The topological polar surface area (TPSA) is 57.5 Å². The predicted octanol–water partition coefficient (Wildman–Crippen LogP) is 2.10. The molecule has 1 aliphatic carbocycles. The van der Waals surface area contributed by atoms with Crippen LogP contribution in [0.15, 0.2) is 30.3 Å². The first kappa shape index (κ1) is 14.2. The van der Waals surface area contributed by atoms with Gasteiger partial charge in [-0.2, -0.15) is 0 Å². The molecule has 0 aliphatic heterocycles. The molecule has 1 aliphatic rings. The van der Waals surface area contributed by atoms with Gasteiger partial charge >= 0.3 is 0 Å². The molecule has 1 aromatic carbocycles. The van der Waals surface area contributed by atoms with E-state index >= 15 is 0 Å². The molecule has 0 saturated heterocycles. The summed E-state index contributed by atoms with van der Waals surface area (Å²) >= 11 is 0. The number of ketones is 1. The highest BCUT2D eigenvalue weighted by molar-refractivity contribution is 5.82. The molecular weight excluding hydrogens is 240 g/mol. The van der Waals surface area contributed by atoms with E-state index in [0.29, 0.717) is 19.3 Å². The fourth-order valence-electron chi connectivity index (χ4n) is 2.82. The summed E-state index contributed by atoms with van der Waals surface area (Å²) in [6.45, 7) is 0. The lowest BCUT2D eigenvalue weighted by molar-refractivity contribution is -0.131. The maximum Gasteiger partial charge on any atom is 0.141 e. The quantitative estimate of drug-likeness (QED) is 0.817. The first-order valence-electron chi connectivity index (χ1n) is 7.11. The Morgan fingerprint density at radius 1 is 1.21 bits per heavy atom. The second-order valence-electron chi connectivity index (χ2n) is 5.40. The van der Waals surface area contributed by atoms with E-state index in [4.69, 9.17) is 0 Å². The van der Waals surface area contributed by atoms with Crippen LogP contribution in [0.2, 0.25) is 0 Å².